The van der Waals surface area contributed by atoms with Gasteiger partial charge in [-0.1, -0.05) is 50.3 Å². The first-order valence-corrected chi connectivity index (χ1v) is 20.2. The van der Waals surface area contributed by atoms with Gasteiger partial charge in [-0.25, -0.2) is 0 Å². The van der Waals surface area contributed by atoms with E-state index in [2.05, 4.69) is 77.4 Å². The normalized spacial score (nSPS) is 18.2. The maximum atomic E-state index is 7.07. The van der Waals surface area contributed by atoms with Gasteiger partial charge in [-0.3, -0.25) is 0 Å². The Bertz CT molecular complexity index is 532. The molecule has 0 aliphatic carbocycles. The quantitative estimate of drug-likeness (QED) is 0.549. The van der Waals surface area contributed by atoms with Crippen molar-refractivity contribution in [2.75, 3.05) is 6.54 Å². The summed E-state index contributed by atoms with van der Waals surface area (Å²) in [6.45, 7) is 18.4. The van der Waals surface area contributed by atoms with E-state index in [4.69, 9.17) is 18.7 Å². The Labute approximate surface area is 166 Å². The van der Waals surface area contributed by atoms with E-state index in [0.29, 0.717) is 6.54 Å². The van der Waals surface area contributed by atoms with Gasteiger partial charge in [-0.2, -0.15) is 0 Å². The van der Waals surface area contributed by atoms with Crippen LogP contribution in [-0.4, -0.2) is 52.9 Å². The molecule has 2 N–H and O–H groups in total. The van der Waals surface area contributed by atoms with Crippen LogP contribution in [0.4, 0.5) is 0 Å². The Morgan fingerprint density at radius 2 is 1.62 bits per heavy atom. The Balaban J connectivity index is 3.57. The fraction of sp³-hybridized carbons (Fsp3) is 0.667. The number of hydrogen-bond acceptors (Lipinski definition) is 4. The Kier molecular flexibility index (Phi) is 9.65. The van der Waals surface area contributed by atoms with Crippen molar-refractivity contribution in [2.24, 2.45) is 5.73 Å². The maximum Gasteiger partial charge on any atom is 0.390 e. The van der Waals surface area contributed by atoms with Gasteiger partial charge in [0, 0.05) is 6.54 Å². The minimum absolute atomic E-state index is 0.00471. The summed E-state index contributed by atoms with van der Waals surface area (Å²) in [5, 5.41) is 0.873. The van der Waals surface area contributed by atoms with E-state index >= 15 is 0 Å². The Morgan fingerprint density at radius 3 is 2.00 bits per heavy atom. The zero-order chi connectivity index (χ0) is 20.0. The molecular formula is C18H39NO3Si4. The van der Waals surface area contributed by atoms with Gasteiger partial charge in [-0.15, -0.1) is 0 Å². The average Bonchev–Trinajstić information content (AvgIpc) is 2.58. The van der Waals surface area contributed by atoms with Gasteiger partial charge >= 0.3 is 8.56 Å². The monoisotopic (exact) mass is 429 g/mol. The maximum absolute atomic E-state index is 7.07. The lowest BCUT2D eigenvalue weighted by Gasteiger charge is -2.46. The second-order valence-corrected chi connectivity index (χ2v) is 19.8. The highest BCUT2D eigenvalue weighted by atomic mass is 28.4. The molecule has 0 aliphatic heterocycles. The van der Waals surface area contributed by atoms with E-state index in [1.807, 2.05) is 6.07 Å². The largest absolute Gasteiger partial charge is 0.434 e. The first-order chi connectivity index (χ1) is 12.1. The summed E-state index contributed by atoms with van der Waals surface area (Å²) in [4.78, 5) is 0. The van der Waals surface area contributed by atoms with Gasteiger partial charge in [0.1, 0.15) is 0 Å². The number of rotatable bonds is 11. The van der Waals surface area contributed by atoms with E-state index in [-0.39, 0.29) is 11.0 Å². The molecule has 0 aliphatic rings. The van der Waals surface area contributed by atoms with E-state index in [9.17, 15) is 0 Å². The van der Waals surface area contributed by atoms with Crippen molar-refractivity contribution < 1.29 is 13.0 Å². The predicted molar refractivity (Wildman–Crippen MR) is 123 cm³/mol. The molecule has 0 bridgehead atoms. The van der Waals surface area contributed by atoms with Gasteiger partial charge in [-0.05, 0) is 44.7 Å². The van der Waals surface area contributed by atoms with Gasteiger partial charge in [0.25, 0.3) is 0 Å². The third kappa shape index (κ3) is 5.96. The number of benzene rings is 1. The van der Waals surface area contributed by atoms with Crippen LogP contribution in [-0.2, 0) is 13.0 Å². The molecule has 150 valence electrons. The van der Waals surface area contributed by atoms with Crippen molar-refractivity contribution in [1.29, 1.82) is 0 Å². The van der Waals surface area contributed by atoms with Crippen LogP contribution in [0.3, 0.4) is 0 Å². The SMILES string of the molecule is CC[C@H](O[SiH](C)C)[Si](O[SiH](C)C)(O[C@@](C)(CN)[SiH](C)C)c1ccccc1. The van der Waals surface area contributed by atoms with Crippen LogP contribution in [0.15, 0.2) is 30.3 Å². The van der Waals surface area contributed by atoms with Crippen molar-refractivity contribution in [2.45, 2.75) is 70.5 Å². The topological polar surface area (TPSA) is 53.7 Å². The molecule has 4 nitrogen and oxygen atoms in total. The molecule has 1 aromatic rings. The second kappa shape index (κ2) is 10.5. The van der Waals surface area contributed by atoms with Gasteiger partial charge in [0.2, 0.25) is 0 Å². The number of nitrogens with two attached hydrogens (primary N) is 1. The summed E-state index contributed by atoms with van der Waals surface area (Å²) in [5.41, 5.74) is 6.23. The first-order valence-electron chi connectivity index (χ1n) is 9.90. The van der Waals surface area contributed by atoms with Crippen LogP contribution in [0.2, 0.25) is 39.3 Å². The van der Waals surface area contributed by atoms with Crippen LogP contribution in [0, 0.1) is 0 Å². The molecule has 1 unspecified atom stereocenters. The van der Waals surface area contributed by atoms with E-state index in [1.165, 1.54) is 5.19 Å². The zero-order valence-electron chi connectivity index (χ0n) is 17.9. The van der Waals surface area contributed by atoms with Gasteiger partial charge in [0.05, 0.1) is 19.7 Å². The fourth-order valence-corrected chi connectivity index (χ4v) is 14.1. The van der Waals surface area contributed by atoms with Gasteiger partial charge < -0.3 is 18.7 Å². The lowest BCUT2D eigenvalue weighted by atomic mass is 10.4. The van der Waals surface area contributed by atoms with Crippen LogP contribution < -0.4 is 10.9 Å². The summed E-state index contributed by atoms with van der Waals surface area (Å²) in [5.74, 6) is 0. The zero-order valence-corrected chi connectivity index (χ0v) is 22.4. The van der Waals surface area contributed by atoms with Crippen LogP contribution >= 0.6 is 0 Å². The minimum atomic E-state index is -2.82. The van der Waals surface area contributed by atoms with Crippen molar-refractivity contribution in [3.8, 4) is 0 Å². The van der Waals surface area contributed by atoms with Crippen LogP contribution in [0.5, 0.6) is 0 Å². The minimum Gasteiger partial charge on any atom is -0.434 e. The summed E-state index contributed by atoms with van der Waals surface area (Å²) in [6, 6.07) is 10.5. The standard InChI is InChI=1S/C18H39NO3Si4/c1-9-17(20-24(5)6)26(22-25(7)8,16-13-11-10-12-14-16)21-18(2,15-19)23(3)4/h10-14,17,23-25H,9,15,19H2,1-8H3/t17-,18-,26?/m1/s1. The lowest BCUT2D eigenvalue weighted by molar-refractivity contribution is 0.0998. The molecule has 0 amide bonds. The van der Waals surface area contributed by atoms with Crippen molar-refractivity contribution >= 4 is 40.6 Å². The van der Waals surface area contributed by atoms with Crippen LogP contribution in [0.25, 0.3) is 0 Å². The number of hydrogen-bond donors (Lipinski definition) is 1. The van der Waals surface area contributed by atoms with Crippen molar-refractivity contribution in [1.82, 2.24) is 0 Å². The molecule has 0 saturated carbocycles. The first kappa shape index (κ1) is 24.0. The van der Waals surface area contributed by atoms with E-state index in [0.717, 1.165) is 6.42 Å². The van der Waals surface area contributed by atoms with Crippen molar-refractivity contribution in [3.63, 3.8) is 0 Å². The highest BCUT2D eigenvalue weighted by Crippen LogP contribution is 2.28. The Morgan fingerprint density at radius 1 is 1.04 bits per heavy atom. The van der Waals surface area contributed by atoms with Crippen molar-refractivity contribution in [3.05, 3.63) is 30.3 Å². The second-order valence-electron chi connectivity index (χ2n) is 8.06. The molecule has 1 rings (SSSR count). The molecule has 0 spiro atoms. The van der Waals surface area contributed by atoms with Crippen LogP contribution in [0.1, 0.15) is 20.3 Å². The van der Waals surface area contributed by atoms with E-state index < -0.39 is 35.4 Å². The molecule has 3 atom stereocenters. The molecule has 0 heterocycles. The summed E-state index contributed by atoms with van der Waals surface area (Å²) in [6.07, 6.45) is 0.897. The fourth-order valence-electron chi connectivity index (χ4n) is 3.02. The molecule has 26 heavy (non-hydrogen) atoms. The third-order valence-electron chi connectivity index (χ3n) is 4.83. The molecule has 0 radical (unpaired) electrons. The smallest absolute Gasteiger partial charge is 0.390 e. The lowest BCUT2D eigenvalue weighted by Crippen LogP contribution is -2.71. The summed E-state index contributed by atoms with van der Waals surface area (Å²) in [7, 11) is -6.61. The molecule has 0 aromatic heterocycles. The third-order valence-corrected chi connectivity index (χ3v) is 15.6. The molecule has 1 aromatic carbocycles. The molecule has 0 saturated heterocycles. The summed E-state index contributed by atoms with van der Waals surface area (Å²) < 4.78 is 20.5. The van der Waals surface area contributed by atoms with Gasteiger partial charge in [0.15, 0.2) is 18.1 Å². The molecule has 0 fully saturated rings. The average molecular weight is 430 g/mol. The highest BCUT2D eigenvalue weighted by molar-refractivity contribution is 6.87. The molecular weight excluding hydrogens is 391 g/mol. The predicted octanol–water partition coefficient (Wildman–Crippen LogP) is 2.41. The molecule has 8 heteroatoms. The summed E-state index contributed by atoms with van der Waals surface area (Å²) >= 11 is 0. The highest BCUT2D eigenvalue weighted by Gasteiger charge is 2.53. The van der Waals surface area contributed by atoms with E-state index in [1.54, 1.807) is 0 Å². The Hall–Kier alpha value is -0.0725.